The second-order valence-corrected chi connectivity index (χ2v) is 5.11. The molecule has 0 aliphatic carbocycles. The Morgan fingerprint density at radius 3 is 2.79 bits per heavy atom. The van der Waals surface area contributed by atoms with Gasteiger partial charge in [0.2, 0.25) is 0 Å². The van der Waals surface area contributed by atoms with Crippen LogP contribution in [0.15, 0.2) is 18.3 Å². The Balaban J connectivity index is 2.08. The highest BCUT2D eigenvalue weighted by molar-refractivity contribution is 9.09. The molecule has 2 nitrogen and oxygen atoms in total. The zero-order chi connectivity index (χ0) is 9.97. The largest absolute Gasteiger partial charge is 0.371 e. The molecule has 1 aliphatic rings. The van der Waals surface area contributed by atoms with Crippen molar-refractivity contribution in [3.63, 3.8) is 0 Å². The molecule has 0 saturated carbocycles. The summed E-state index contributed by atoms with van der Waals surface area (Å²) in [4.78, 5) is 7.36. The molecule has 0 atom stereocenters. The van der Waals surface area contributed by atoms with Crippen molar-refractivity contribution < 1.29 is 0 Å². The van der Waals surface area contributed by atoms with Crippen LogP contribution < -0.4 is 4.90 Å². The molecule has 1 aromatic rings. The van der Waals surface area contributed by atoms with Crippen LogP contribution in [0.2, 0.25) is 0 Å². The van der Waals surface area contributed by atoms with E-state index in [0.29, 0.717) is 4.83 Å². The second-order valence-electron chi connectivity index (χ2n) is 3.82. The van der Waals surface area contributed by atoms with Gasteiger partial charge in [0.15, 0.2) is 0 Å². The lowest BCUT2D eigenvalue weighted by atomic mass is 10.1. The maximum Gasteiger partial charge on any atom is 0.0399 e. The predicted molar refractivity (Wildman–Crippen MR) is 63.1 cm³/mol. The molecule has 0 bridgehead atoms. The number of rotatable bonds is 1. The van der Waals surface area contributed by atoms with Crippen molar-refractivity contribution in [2.24, 2.45) is 0 Å². The summed E-state index contributed by atoms with van der Waals surface area (Å²) < 4.78 is 0. The number of piperidine rings is 1. The van der Waals surface area contributed by atoms with Crippen LogP contribution in [0.5, 0.6) is 0 Å². The van der Waals surface area contributed by atoms with E-state index >= 15 is 0 Å². The van der Waals surface area contributed by atoms with Gasteiger partial charge >= 0.3 is 0 Å². The van der Waals surface area contributed by atoms with Gasteiger partial charge in [-0.05, 0) is 31.9 Å². The summed E-state index contributed by atoms with van der Waals surface area (Å²) in [7, 11) is 0. The van der Waals surface area contributed by atoms with E-state index in [2.05, 4.69) is 37.9 Å². The van der Waals surface area contributed by atoms with E-state index in [1.54, 1.807) is 0 Å². The fourth-order valence-corrected chi connectivity index (χ4v) is 2.24. The molecule has 0 aromatic carbocycles. The molecule has 76 valence electrons. The first-order chi connectivity index (χ1) is 6.75. The van der Waals surface area contributed by atoms with Gasteiger partial charge in [0, 0.05) is 35.5 Å². The highest BCUT2D eigenvalue weighted by Gasteiger charge is 2.16. The minimum atomic E-state index is 0.710. The maximum atomic E-state index is 4.21. The van der Waals surface area contributed by atoms with Crippen molar-refractivity contribution in [3.8, 4) is 0 Å². The van der Waals surface area contributed by atoms with E-state index in [-0.39, 0.29) is 0 Å². The number of pyridine rings is 1. The standard InChI is InChI=1S/C11H15BrN2/c1-9-8-11(2-5-13-9)14-6-3-10(12)4-7-14/h2,5,8,10H,3-4,6-7H2,1H3. The smallest absolute Gasteiger partial charge is 0.0399 e. The van der Waals surface area contributed by atoms with Crippen molar-refractivity contribution in [3.05, 3.63) is 24.0 Å². The van der Waals surface area contributed by atoms with Crippen molar-refractivity contribution in [1.82, 2.24) is 4.98 Å². The van der Waals surface area contributed by atoms with Gasteiger partial charge in [-0.2, -0.15) is 0 Å². The molecule has 1 aromatic heterocycles. The van der Waals surface area contributed by atoms with Gasteiger partial charge in [-0.1, -0.05) is 15.9 Å². The van der Waals surface area contributed by atoms with Gasteiger partial charge < -0.3 is 4.90 Å². The Hall–Kier alpha value is -0.570. The minimum Gasteiger partial charge on any atom is -0.371 e. The fourth-order valence-electron chi connectivity index (χ4n) is 1.83. The van der Waals surface area contributed by atoms with Crippen LogP contribution in [0.4, 0.5) is 5.69 Å². The highest BCUT2D eigenvalue weighted by atomic mass is 79.9. The second kappa shape index (κ2) is 4.30. The summed E-state index contributed by atoms with van der Waals surface area (Å²) in [6, 6.07) is 4.26. The van der Waals surface area contributed by atoms with Crippen molar-refractivity contribution in [2.75, 3.05) is 18.0 Å². The van der Waals surface area contributed by atoms with Crippen molar-refractivity contribution in [2.45, 2.75) is 24.6 Å². The Morgan fingerprint density at radius 2 is 2.14 bits per heavy atom. The lowest BCUT2D eigenvalue weighted by Gasteiger charge is -2.31. The third-order valence-corrected chi connectivity index (χ3v) is 3.59. The van der Waals surface area contributed by atoms with Gasteiger partial charge in [0.1, 0.15) is 0 Å². The summed E-state index contributed by atoms with van der Waals surface area (Å²) in [5.41, 5.74) is 2.42. The van der Waals surface area contributed by atoms with E-state index in [0.717, 1.165) is 18.8 Å². The first-order valence-corrected chi connectivity index (χ1v) is 5.99. The third-order valence-electron chi connectivity index (χ3n) is 2.67. The van der Waals surface area contributed by atoms with Gasteiger partial charge in [0.05, 0.1) is 0 Å². The summed E-state index contributed by atoms with van der Waals surface area (Å²) >= 11 is 3.66. The van der Waals surface area contributed by atoms with E-state index in [4.69, 9.17) is 0 Å². The van der Waals surface area contributed by atoms with E-state index in [1.165, 1.54) is 18.5 Å². The van der Waals surface area contributed by atoms with Crippen molar-refractivity contribution >= 4 is 21.6 Å². The monoisotopic (exact) mass is 254 g/mol. The van der Waals surface area contributed by atoms with Gasteiger partial charge in [-0.25, -0.2) is 0 Å². The fraction of sp³-hybridized carbons (Fsp3) is 0.545. The Bertz CT molecular complexity index is 306. The van der Waals surface area contributed by atoms with Crippen LogP contribution in [-0.4, -0.2) is 22.9 Å². The molecule has 2 rings (SSSR count). The minimum absolute atomic E-state index is 0.710. The van der Waals surface area contributed by atoms with Gasteiger partial charge in [-0.3, -0.25) is 4.98 Å². The molecular weight excluding hydrogens is 240 g/mol. The van der Waals surface area contributed by atoms with Gasteiger partial charge in [-0.15, -0.1) is 0 Å². The molecule has 0 spiro atoms. The topological polar surface area (TPSA) is 16.1 Å². The predicted octanol–water partition coefficient (Wildman–Crippen LogP) is 2.75. The number of aryl methyl sites for hydroxylation is 1. The average molecular weight is 255 g/mol. The summed E-state index contributed by atoms with van der Waals surface area (Å²) in [6.45, 7) is 4.35. The van der Waals surface area contributed by atoms with E-state index in [9.17, 15) is 0 Å². The lowest BCUT2D eigenvalue weighted by Crippen LogP contribution is -2.33. The van der Waals surface area contributed by atoms with Crippen LogP contribution in [0.25, 0.3) is 0 Å². The van der Waals surface area contributed by atoms with Gasteiger partial charge in [0.25, 0.3) is 0 Å². The number of aromatic nitrogens is 1. The first kappa shape index (κ1) is 9.97. The van der Waals surface area contributed by atoms with Crippen molar-refractivity contribution in [1.29, 1.82) is 0 Å². The number of hydrogen-bond donors (Lipinski definition) is 0. The lowest BCUT2D eigenvalue weighted by molar-refractivity contribution is 0.597. The maximum absolute atomic E-state index is 4.21. The number of anilines is 1. The molecular formula is C11H15BrN2. The zero-order valence-corrected chi connectivity index (χ0v) is 10.00. The third kappa shape index (κ3) is 2.27. The molecule has 0 unspecified atom stereocenters. The molecule has 14 heavy (non-hydrogen) atoms. The average Bonchev–Trinajstić information content (AvgIpc) is 2.19. The van der Waals surface area contributed by atoms with E-state index in [1.807, 2.05) is 13.1 Å². The quantitative estimate of drug-likeness (QED) is 0.717. The molecule has 1 fully saturated rings. The molecule has 1 aliphatic heterocycles. The summed E-state index contributed by atoms with van der Waals surface area (Å²) in [6.07, 6.45) is 4.37. The Kier molecular flexibility index (Phi) is 3.06. The van der Waals surface area contributed by atoms with Crippen LogP contribution >= 0.6 is 15.9 Å². The first-order valence-electron chi connectivity index (χ1n) is 5.07. The van der Waals surface area contributed by atoms with Crippen LogP contribution in [0.1, 0.15) is 18.5 Å². The highest BCUT2D eigenvalue weighted by Crippen LogP contribution is 2.23. The molecule has 0 amide bonds. The molecule has 1 saturated heterocycles. The molecule has 3 heteroatoms. The Morgan fingerprint density at radius 1 is 1.43 bits per heavy atom. The SMILES string of the molecule is Cc1cc(N2CCC(Br)CC2)ccn1. The Labute approximate surface area is 93.5 Å². The summed E-state index contributed by atoms with van der Waals surface area (Å²) in [5.74, 6) is 0. The number of hydrogen-bond acceptors (Lipinski definition) is 2. The van der Waals surface area contributed by atoms with Crippen LogP contribution in [-0.2, 0) is 0 Å². The number of nitrogens with zero attached hydrogens (tertiary/aromatic N) is 2. The number of alkyl halides is 1. The van der Waals surface area contributed by atoms with E-state index < -0.39 is 0 Å². The molecule has 0 N–H and O–H groups in total. The molecule has 2 heterocycles. The molecule has 0 radical (unpaired) electrons. The van der Waals surface area contributed by atoms with Crippen LogP contribution in [0.3, 0.4) is 0 Å². The summed E-state index contributed by atoms with van der Waals surface area (Å²) in [5, 5.41) is 0. The number of halogens is 1. The zero-order valence-electron chi connectivity index (χ0n) is 8.41. The normalized spacial score (nSPS) is 18.6. The van der Waals surface area contributed by atoms with Crippen LogP contribution in [0, 0.1) is 6.92 Å².